The van der Waals surface area contributed by atoms with Gasteiger partial charge in [0.2, 0.25) is 0 Å². The summed E-state index contributed by atoms with van der Waals surface area (Å²) < 4.78 is 5.93. The van der Waals surface area contributed by atoms with Crippen molar-refractivity contribution in [3.05, 3.63) is 58.6 Å². The number of benzene rings is 2. The summed E-state index contributed by atoms with van der Waals surface area (Å²) in [4.78, 5) is 12.4. The maximum Gasteiger partial charge on any atom is 0.411 e. The van der Waals surface area contributed by atoms with Gasteiger partial charge in [-0.2, -0.15) is 0 Å². The molecule has 0 aliphatic rings. The lowest BCUT2D eigenvalue weighted by molar-refractivity contribution is 0.155. The smallest absolute Gasteiger partial charge is 0.411 e. The van der Waals surface area contributed by atoms with E-state index in [4.69, 9.17) is 4.74 Å². The molecule has 3 nitrogen and oxygen atoms in total. The van der Waals surface area contributed by atoms with Gasteiger partial charge >= 0.3 is 6.09 Å². The minimum Gasteiger partial charge on any atom is -0.444 e. The fraction of sp³-hybridized carbons (Fsp3) is 0.0714. The lowest BCUT2D eigenvalue weighted by Crippen LogP contribution is -2.13. The van der Waals surface area contributed by atoms with Gasteiger partial charge in [0.05, 0.1) is 0 Å². The van der Waals surface area contributed by atoms with Crippen LogP contribution in [0.1, 0.15) is 5.56 Å². The third-order valence-corrected chi connectivity index (χ3v) is 3.76. The topological polar surface area (TPSA) is 38.3 Å². The van der Waals surface area contributed by atoms with Gasteiger partial charge in [-0.1, -0.05) is 30.3 Å². The van der Waals surface area contributed by atoms with E-state index in [1.807, 2.05) is 30.3 Å². The van der Waals surface area contributed by atoms with E-state index < -0.39 is 6.09 Å². The van der Waals surface area contributed by atoms with Crippen LogP contribution in [0.25, 0.3) is 0 Å². The lowest BCUT2D eigenvalue weighted by Gasteiger charge is -2.08. The number of hydrogen-bond donors (Lipinski definition) is 2. The van der Waals surface area contributed by atoms with Gasteiger partial charge < -0.3 is 4.74 Å². The Labute approximate surface area is 125 Å². The lowest BCUT2D eigenvalue weighted by atomic mass is 10.2. The molecule has 0 radical (unpaired) electrons. The molecule has 0 aromatic heterocycles. The molecule has 2 rings (SSSR count). The highest BCUT2D eigenvalue weighted by Crippen LogP contribution is 2.24. The van der Waals surface area contributed by atoms with Crippen LogP contribution in [-0.2, 0) is 11.3 Å². The standard InChI is InChI=1S/C14H12BrNO2S/c15-12-8-11(6-7-13(12)19)16-14(17)18-9-10-4-2-1-3-5-10/h1-8,19H,9H2,(H,16,17). The Morgan fingerprint density at radius 3 is 2.63 bits per heavy atom. The zero-order chi connectivity index (χ0) is 13.7. The first kappa shape index (κ1) is 14.0. The number of anilines is 1. The van der Waals surface area contributed by atoms with Crippen LogP contribution in [0.3, 0.4) is 0 Å². The van der Waals surface area contributed by atoms with Crippen LogP contribution in [0.4, 0.5) is 10.5 Å². The van der Waals surface area contributed by atoms with Crippen molar-refractivity contribution in [2.75, 3.05) is 5.32 Å². The van der Waals surface area contributed by atoms with E-state index >= 15 is 0 Å². The molecular formula is C14H12BrNO2S. The highest BCUT2D eigenvalue weighted by atomic mass is 79.9. The quantitative estimate of drug-likeness (QED) is 0.810. The third-order valence-electron chi connectivity index (χ3n) is 2.41. The van der Waals surface area contributed by atoms with Crippen LogP contribution >= 0.6 is 28.6 Å². The molecule has 2 aromatic rings. The molecule has 0 fully saturated rings. The number of carbonyl (C=O) groups excluding carboxylic acids is 1. The van der Waals surface area contributed by atoms with E-state index in [0.717, 1.165) is 14.9 Å². The SMILES string of the molecule is O=C(Nc1ccc(S)c(Br)c1)OCc1ccccc1. The fourth-order valence-electron chi connectivity index (χ4n) is 1.46. The molecule has 0 unspecified atom stereocenters. The molecule has 0 bridgehead atoms. The number of carbonyl (C=O) groups is 1. The highest BCUT2D eigenvalue weighted by molar-refractivity contribution is 9.10. The minimum atomic E-state index is -0.484. The number of amides is 1. The van der Waals surface area contributed by atoms with Crippen LogP contribution in [0, 0.1) is 0 Å². The maximum atomic E-state index is 11.6. The number of ether oxygens (including phenoxy) is 1. The Morgan fingerprint density at radius 1 is 1.21 bits per heavy atom. The molecule has 5 heteroatoms. The average molecular weight is 338 g/mol. The van der Waals surface area contributed by atoms with Gasteiger partial charge in [0.1, 0.15) is 6.61 Å². The first-order valence-corrected chi connectivity index (χ1v) is 6.85. The predicted octanol–water partition coefficient (Wildman–Crippen LogP) is 4.49. The van der Waals surface area contributed by atoms with E-state index in [0.29, 0.717) is 5.69 Å². The van der Waals surface area contributed by atoms with Crippen LogP contribution < -0.4 is 5.32 Å². The number of hydrogen-bond acceptors (Lipinski definition) is 3. The van der Waals surface area contributed by atoms with Crippen molar-refractivity contribution < 1.29 is 9.53 Å². The summed E-state index contributed by atoms with van der Waals surface area (Å²) in [5, 5.41) is 2.66. The molecule has 98 valence electrons. The second-order valence-corrected chi connectivity index (χ2v) is 5.19. The molecule has 0 aliphatic carbocycles. The summed E-state index contributed by atoms with van der Waals surface area (Å²) >= 11 is 7.58. The third kappa shape index (κ3) is 4.29. The van der Waals surface area contributed by atoms with Crippen molar-refractivity contribution in [2.45, 2.75) is 11.5 Å². The van der Waals surface area contributed by atoms with Crippen LogP contribution in [0.15, 0.2) is 57.9 Å². The first-order chi connectivity index (χ1) is 9.15. The first-order valence-electron chi connectivity index (χ1n) is 5.61. The minimum absolute atomic E-state index is 0.249. The van der Waals surface area contributed by atoms with Crippen molar-refractivity contribution in [2.24, 2.45) is 0 Å². The summed E-state index contributed by atoms with van der Waals surface area (Å²) in [5.41, 5.74) is 1.60. The molecule has 0 saturated heterocycles. The number of rotatable bonds is 3. The largest absolute Gasteiger partial charge is 0.444 e. The Hall–Kier alpha value is -1.46. The van der Waals surface area contributed by atoms with Crippen molar-refractivity contribution in [1.82, 2.24) is 0 Å². The fourth-order valence-corrected chi connectivity index (χ4v) is 1.98. The van der Waals surface area contributed by atoms with E-state index in [2.05, 4.69) is 33.9 Å². The molecule has 2 aromatic carbocycles. The number of nitrogens with one attached hydrogen (secondary N) is 1. The van der Waals surface area contributed by atoms with Crippen LogP contribution in [0.5, 0.6) is 0 Å². The summed E-state index contributed by atoms with van der Waals surface area (Å²) in [7, 11) is 0. The van der Waals surface area contributed by atoms with E-state index in [1.54, 1.807) is 18.2 Å². The van der Waals surface area contributed by atoms with Gasteiger partial charge in [0, 0.05) is 15.1 Å². The summed E-state index contributed by atoms with van der Waals surface area (Å²) in [6.07, 6.45) is -0.484. The number of thiol groups is 1. The zero-order valence-electron chi connectivity index (χ0n) is 9.97. The monoisotopic (exact) mass is 337 g/mol. The summed E-state index contributed by atoms with van der Waals surface area (Å²) in [5.74, 6) is 0. The second-order valence-electron chi connectivity index (χ2n) is 3.85. The second kappa shape index (κ2) is 6.63. The average Bonchev–Trinajstić information content (AvgIpc) is 2.42. The van der Waals surface area contributed by atoms with Crippen LogP contribution in [-0.4, -0.2) is 6.09 Å². The highest BCUT2D eigenvalue weighted by Gasteiger charge is 2.05. The van der Waals surface area contributed by atoms with Gasteiger partial charge in [-0.3, -0.25) is 5.32 Å². The summed E-state index contributed by atoms with van der Waals surface area (Å²) in [6, 6.07) is 14.8. The van der Waals surface area contributed by atoms with Crippen molar-refractivity contribution >= 4 is 40.3 Å². The molecule has 0 spiro atoms. The van der Waals surface area contributed by atoms with Gasteiger partial charge in [0.25, 0.3) is 0 Å². The van der Waals surface area contributed by atoms with E-state index in [1.165, 1.54) is 0 Å². The Morgan fingerprint density at radius 2 is 1.95 bits per heavy atom. The molecule has 1 N–H and O–H groups in total. The molecule has 19 heavy (non-hydrogen) atoms. The molecule has 1 amide bonds. The maximum absolute atomic E-state index is 11.6. The van der Waals surface area contributed by atoms with E-state index in [9.17, 15) is 4.79 Å². The zero-order valence-corrected chi connectivity index (χ0v) is 12.4. The molecule has 0 aliphatic heterocycles. The van der Waals surface area contributed by atoms with Gasteiger partial charge in [-0.25, -0.2) is 4.79 Å². The van der Waals surface area contributed by atoms with Gasteiger partial charge in [0.15, 0.2) is 0 Å². The van der Waals surface area contributed by atoms with Crippen LogP contribution in [0.2, 0.25) is 0 Å². The Balaban J connectivity index is 1.89. The van der Waals surface area contributed by atoms with Crippen molar-refractivity contribution in [3.8, 4) is 0 Å². The van der Waals surface area contributed by atoms with Crippen molar-refractivity contribution in [1.29, 1.82) is 0 Å². The molecule has 0 saturated carbocycles. The summed E-state index contributed by atoms with van der Waals surface area (Å²) in [6.45, 7) is 0.249. The number of halogens is 1. The normalized spacial score (nSPS) is 10.0. The van der Waals surface area contributed by atoms with Gasteiger partial charge in [-0.15, -0.1) is 12.6 Å². The predicted molar refractivity (Wildman–Crippen MR) is 81.6 cm³/mol. The molecule has 0 atom stereocenters. The van der Waals surface area contributed by atoms with E-state index in [-0.39, 0.29) is 6.61 Å². The Kier molecular flexibility index (Phi) is 4.87. The molecule has 0 heterocycles. The van der Waals surface area contributed by atoms with Crippen molar-refractivity contribution in [3.63, 3.8) is 0 Å². The molecular weight excluding hydrogens is 326 g/mol. The van der Waals surface area contributed by atoms with Gasteiger partial charge in [-0.05, 0) is 39.7 Å². The Bertz CT molecular complexity index is 575.